The molecule has 42 heavy (non-hydrogen) atoms. The molecule has 0 amide bonds. The summed E-state index contributed by atoms with van der Waals surface area (Å²) in [6, 6.07) is 14.2. The van der Waals surface area contributed by atoms with Crippen molar-refractivity contribution in [2.45, 2.75) is 121 Å². The van der Waals surface area contributed by atoms with Crippen LogP contribution in [0.3, 0.4) is 0 Å². The third-order valence-electron chi connectivity index (χ3n) is 8.70. The van der Waals surface area contributed by atoms with E-state index in [-0.39, 0.29) is 0 Å². The van der Waals surface area contributed by atoms with E-state index < -0.39 is 0 Å². The van der Waals surface area contributed by atoms with Crippen molar-refractivity contribution < 1.29 is 0 Å². The maximum atomic E-state index is 4.14. The zero-order valence-corrected chi connectivity index (χ0v) is 30.7. The van der Waals surface area contributed by atoms with Crippen LogP contribution in [-0.4, -0.2) is 9.68 Å². The summed E-state index contributed by atoms with van der Waals surface area (Å²) < 4.78 is 0.800. The highest BCUT2D eigenvalue weighted by atomic mass is 127. The summed E-state index contributed by atoms with van der Waals surface area (Å²) in [5.74, 6) is 3.62. The smallest absolute Gasteiger partial charge is 0.0151 e. The fraction of sp³-hybridized carbons (Fsp3) is 0.550. The summed E-state index contributed by atoms with van der Waals surface area (Å²) in [5, 5.41) is 5.38. The molecule has 0 saturated heterocycles. The number of hydrogen-bond donors (Lipinski definition) is 0. The number of halogens is 1. The molecule has 3 rings (SSSR count). The first-order valence-electron chi connectivity index (χ1n) is 16.6. The molecule has 2 heteroatoms. The molecule has 3 aromatic rings. The molecule has 1 unspecified atom stereocenters. The van der Waals surface area contributed by atoms with Crippen molar-refractivity contribution in [1.82, 2.24) is 0 Å². The van der Waals surface area contributed by atoms with E-state index in [4.69, 9.17) is 0 Å². The summed E-state index contributed by atoms with van der Waals surface area (Å²) >= 11 is 4.69. The van der Waals surface area contributed by atoms with Crippen LogP contribution in [0.5, 0.6) is 0 Å². The predicted molar refractivity (Wildman–Crippen MR) is 203 cm³/mol. The van der Waals surface area contributed by atoms with Crippen LogP contribution in [0.4, 0.5) is 0 Å². The van der Waals surface area contributed by atoms with Gasteiger partial charge in [-0.1, -0.05) is 132 Å². The van der Waals surface area contributed by atoms with Gasteiger partial charge in [-0.15, -0.1) is 11.8 Å². The summed E-state index contributed by atoms with van der Waals surface area (Å²) in [7, 11) is 0. The van der Waals surface area contributed by atoms with Gasteiger partial charge in [0.25, 0.3) is 0 Å². The minimum Gasteiger partial charge on any atom is -0.126 e. The lowest BCUT2D eigenvalue weighted by Gasteiger charge is -2.14. The molecule has 0 N–H and O–H groups in total. The SMILES string of the molecule is C=Cc1cc2ccc3cc(/C=C(\C)CC[C@@H](C)CCCC(C)C)c(C)cc3c2cc1SCCCC(I)CCCC(C)C. The molecule has 0 spiro atoms. The number of fused-ring (bicyclic) bond motifs is 3. The van der Waals surface area contributed by atoms with Gasteiger partial charge in [-0.2, -0.15) is 0 Å². The Bertz CT molecular complexity index is 1310. The summed E-state index contributed by atoms with van der Waals surface area (Å²) in [6.07, 6.45) is 17.7. The van der Waals surface area contributed by atoms with E-state index in [1.54, 1.807) is 0 Å². The molecule has 0 bridgehead atoms. The van der Waals surface area contributed by atoms with Gasteiger partial charge in [0, 0.05) is 8.82 Å². The predicted octanol–water partition coefficient (Wildman–Crippen LogP) is 14.1. The van der Waals surface area contributed by atoms with Crippen LogP contribution in [0.15, 0.2) is 53.4 Å². The third kappa shape index (κ3) is 11.3. The van der Waals surface area contributed by atoms with Gasteiger partial charge in [0.15, 0.2) is 0 Å². The Morgan fingerprint density at radius 1 is 0.786 bits per heavy atom. The Kier molecular flexibility index (Phi) is 15.0. The molecule has 0 aliphatic carbocycles. The second-order valence-electron chi connectivity index (χ2n) is 13.7. The molecule has 230 valence electrons. The van der Waals surface area contributed by atoms with Crippen molar-refractivity contribution in [2.75, 3.05) is 5.75 Å². The van der Waals surface area contributed by atoms with E-state index in [9.17, 15) is 0 Å². The molecule has 0 aromatic heterocycles. The lowest BCUT2D eigenvalue weighted by atomic mass is 9.92. The van der Waals surface area contributed by atoms with E-state index in [1.807, 2.05) is 17.8 Å². The van der Waals surface area contributed by atoms with Crippen molar-refractivity contribution in [3.63, 3.8) is 0 Å². The maximum Gasteiger partial charge on any atom is 0.0151 e. The first kappa shape index (κ1) is 35.2. The Labute approximate surface area is 276 Å². The van der Waals surface area contributed by atoms with Crippen molar-refractivity contribution in [1.29, 1.82) is 0 Å². The summed E-state index contributed by atoms with van der Waals surface area (Å²) in [5.41, 5.74) is 5.50. The van der Waals surface area contributed by atoms with Crippen LogP contribution in [0, 0.1) is 24.7 Å². The molecule has 0 saturated carbocycles. The highest BCUT2D eigenvalue weighted by Gasteiger charge is 2.11. The average molecular weight is 697 g/mol. The minimum absolute atomic E-state index is 0.800. The molecule has 3 aromatic carbocycles. The van der Waals surface area contributed by atoms with Crippen molar-refractivity contribution in [3.05, 3.63) is 65.2 Å². The van der Waals surface area contributed by atoms with Crippen LogP contribution >= 0.6 is 34.4 Å². The van der Waals surface area contributed by atoms with E-state index in [0.717, 1.165) is 21.7 Å². The Hall–Kier alpha value is -1.26. The number of aryl methyl sites for hydroxylation is 1. The van der Waals surface area contributed by atoms with Crippen molar-refractivity contribution in [3.8, 4) is 0 Å². The zero-order chi connectivity index (χ0) is 30.6. The number of allylic oxidation sites excluding steroid dienone is 1. The van der Waals surface area contributed by atoms with Gasteiger partial charge in [0.1, 0.15) is 0 Å². The average Bonchev–Trinajstić information content (AvgIpc) is 2.94. The standard InChI is InChI=1S/C40H57IS/c1-9-33-25-34-20-21-35-26-36(23-31(7)19-18-30(6)15-10-13-28(2)3)32(8)24-38(35)39(34)27-40(33)42-22-12-17-37(41)16-11-14-29(4)5/h9,20-21,23-30,37H,1,10-19,22H2,2-8H3/b31-23+/t30-,37?/m0/s1. The summed E-state index contributed by atoms with van der Waals surface area (Å²) in [4.78, 5) is 1.37. The lowest BCUT2D eigenvalue weighted by Crippen LogP contribution is -2.00. The third-order valence-corrected chi connectivity index (χ3v) is 11.1. The lowest BCUT2D eigenvalue weighted by molar-refractivity contribution is 0.436. The Morgan fingerprint density at radius 3 is 2.02 bits per heavy atom. The first-order chi connectivity index (χ1) is 20.1. The number of benzene rings is 3. The molecule has 2 atom stereocenters. The van der Waals surface area contributed by atoms with Gasteiger partial charge in [-0.05, 0) is 126 Å². The number of rotatable bonds is 18. The second-order valence-corrected chi connectivity index (χ2v) is 16.6. The van der Waals surface area contributed by atoms with Crippen LogP contribution < -0.4 is 0 Å². The quantitative estimate of drug-likeness (QED) is 0.0419. The van der Waals surface area contributed by atoms with Gasteiger partial charge in [0.2, 0.25) is 0 Å². The highest BCUT2D eigenvalue weighted by Crippen LogP contribution is 2.35. The number of alkyl halides is 1. The van der Waals surface area contributed by atoms with Crippen LogP contribution in [0.2, 0.25) is 0 Å². The molecule has 0 aliphatic rings. The first-order valence-corrected chi connectivity index (χ1v) is 18.9. The largest absolute Gasteiger partial charge is 0.126 e. The van der Waals surface area contributed by atoms with Gasteiger partial charge >= 0.3 is 0 Å². The highest BCUT2D eigenvalue weighted by molar-refractivity contribution is 14.1. The number of hydrogen-bond acceptors (Lipinski definition) is 1. The molecular weight excluding hydrogens is 639 g/mol. The Balaban J connectivity index is 1.70. The van der Waals surface area contributed by atoms with Gasteiger partial charge in [-0.3, -0.25) is 0 Å². The van der Waals surface area contributed by atoms with Crippen molar-refractivity contribution >= 4 is 68.0 Å². The van der Waals surface area contributed by atoms with Crippen LogP contribution in [0.1, 0.15) is 122 Å². The Morgan fingerprint density at radius 2 is 1.38 bits per heavy atom. The fourth-order valence-corrected chi connectivity index (χ4v) is 7.85. The minimum atomic E-state index is 0.800. The number of thioether (sulfide) groups is 1. The molecule has 0 fully saturated rings. The second kappa shape index (κ2) is 17.9. The van der Waals surface area contributed by atoms with Gasteiger partial charge in [0.05, 0.1) is 0 Å². The molecule has 0 radical (unpaired) electrons. The van der Waals surface area contributed by atoms with Gasteiger partial charge < -0.3 is 0 Å². The fourth-order valence-electron chi connectivity index (χ4n) is 5.93. The topological polar surface area (TPSA) is 0 Å². The molecule has 0 nitrogen and oxygen atoms in total. The van der Waals surface area contributed by atoms with Gasteiger partial charge in [-0.25, -0.2) is 0 Å². The monoisotopic (exact) mass is 696 g/mol. The zero-order valence-electron chi connectivity index (χ0n) is 27.7. The molecule has 0 aliphatic heterocycles. The summed E-state index contributed by atoms with van der Waals surface area (Å²) in [6.45, 7) is 20.5. The molecular formula is C40H57IS. The van der Waals surface area contributed by atoms with Crippen LogP contribution in [-0.2, 0) is 0 Å². The van der Waals surface area contributed by atoms with E-state index >= 15 is 0 Å². The van der Waals surface area contributed by atoms with E-state index in [0.29, 0.717) is 0 Å². The van der Waals surface area contributed by atoms with Crippen LogP contribution in [0.25, 0.3) is 33.7 Å². The van der Waals surface area contributed by atoms with E-state index in [1.165, 1.54) is 119 Å². The normalized spacial score (nSPS) is 13.9. The molecule has 0 heterocycles. The van der Waals surface area contributed by atoms with Crippen molar-refractivity contribution in [2.24, 2.45) is 17.8 Å². The maximum absolute atomic E-state index is 4.14. The van der Waals surface area contributed by atoms with E-state index in [2.05, 4.69) is 120 Å².